The van der Waals surface area contributed by atoms with Gasteiger partial charge >= 0.3 is 23.9 Å². The Morgan fingerprint density at radius 3 is 1.32 bits per heavy atom. The van der Waals surface area contributed by atoms with Crippen LogP contribution < -0.4 is 9.64 Å². The van der Waals surface area contributed by atoms with Gasteiger partial charge in [0.25, 0.3) is 11.6 Å². The number of rotatable bonds is 6. The molecule has 2 saturated heterocycles. The molecule has 0 amide bonds. The van der Waals surface area contributed by atoms with E-state index in [0.717, 1.165) is 0 Å². The van der Waals surface area contributed by atoms with E-state index in [1.807, 2.05) is 150 Å². The number of esters is 4. The van der Waals surface area contributed by atoms with E-state index in [1.54, 1.807) is 7.11 Å². The van der Waals surface area contributed by atoms with Gasteiger partial charge in [-0.05, 0) is 58.5 Å². The van der Waals surface area contributed by atoms with Crippen LogP contribution in [0.1, 0.15) is 80.2 Å². The maximum absolute atomic E-state index is 15.7. The average Bonchev–Trinajstić information content (AvgIpc) is 3.24. The maximum atomic E-state index is 15.7. The Morgan fingerprint density at radius 1 is 0.500 bits per heavy atom. The first kappa shape index (κ1) is 38.8. The van der Waals surface area contributed by atoms with Crippen molar-refractivity contribution in [3.8, 4) is 5.75 Å². The zero-order valence-corrected chi connectivity index (χ0v) is 34.0. The summed E-state index contributed by atoms with van der Waals surface area (Å²) in [4.78, 5) is 64.2. The van der Waals surface area contributed by atoms with Gasteiger partial charge in [-0.2, -0.15) is 0 Å². The number of anilines is 1. The summed E-state index contributed by atoms with van der Waals surface area (Å²) in [6.45, 7) is 6.13. The molecule has 304 valence electrons. The molecule has 10 heteroatoms. The van der Waals surface area contributed by atoms with Crippen LogP contribution in [0.3, 0.4) is 0 Å². The smallest absolute Gasteiger partial charge is 0.330 e. The van der Waals surface area contributed by atoms with Gasteiger partial charge in [-0.15, -0.1) is 0 Å². The number of hydrogen-bond donors (Lipinski definition) is 0. The number of carbonyl (C=O) groups excluding carboxylic acids is 4. The minimum atomic E-state index is -2.16. The SMILES string of the molecule is COc1ccc(N2C3=C([C@H](c4ccccc4)C4(C(=O)OC(C)(C)OC4=O)[C@@H]2c2ccccc2)[C@H](c2ccccc2)C2(C(=O)OC(C)(C)OC2=O)[C@H](c2ccccc2)C3)cc1. The number of ether oxygens (including phenoxy) is 5. The predicted molar refractivity (Wildman–Crippen MR) is 221 cm³/mol. The highest BCUT2D eigenvalue weighted by atomic mass is 16.8. The Labute approximate surface area is 348 Å². The standard InChI is InChI=1S/C50H45NO9/c1-47(2)57-43(52)49(44(53)58-47)37(31-18-10-6-11-19-31)30-38-39(40(49)32-20-12-7-13-21-32)41(33-22-14-8-15-23-33)50(45(54)59-48(3,4)60-46(50)55)42(34-24-16-9-17-25-34)51(38)35-26-28-36(56-5)29-27-35/h6-29,37,40-42H,30H2,1-5H3/t37-,40-,41-,42-/m0/s1. The number of benzene rings is 5. The Morgan fingerprint density at radius 2 is 0.883 bits per heavy atom. The Kier molecular flexibility index (Phi) is 9.22. The van der Waals surface area contributed by atoms with Crippen molar-refractivity contribution in [3.63, 3.8) is 0 Å². The molecule has 0 saturated carbocycles. The number of carbonyl (C=O) groups is 4. The second-order valence-corrected chi connectivity index (χ2v) is 16.7. The van der Waals surface area contributed by atoms with Gasteiger partial charge in [-0.3, -0.25) is 19.2 Å². The lowest BCUT2D eigenvalue weighted by molar-refractivity contribution is -0.256. The van der Waals surface area contributed by atoms with Gasteiger partial charge in [0.15, 0.2) is 10.8 Å². The van der Waals surface area contributed by atoms with Crippen LogP contribution in [0.5, 0.6) is 5.75 Å². The van der Waals surface area contributed by atoms with Crippen LogP contribution in [0.4, 0.5) is 5.69 Å². The van der Waals surface area contributed by atoms with Crippen molar-refractivity contribution in [1.82, 2.24) is 0 Å². The number of nitrogens with zero attached hydrogens (tertiary/aromatic N) is 1. The zero-order chi connectivity index (χ0) is 42.0. The third-order valence-corrected chi connectivity index (χ3v) is 12.4. The van der Waals surface area contributed by atoms with Gasteiger partial charge in [-0.1, -0.05) is 121 Å². The van der Waals surface area contributed by atoms with E-state index in [-0.39, 0.29) is 6.42 Å². The molecule has 1 aliphatic carbocycles. The highest BCUT2D eigenvalue weighted by molar-refractivity contribution is 6.08. The van der Waals surface area contributed by atoms with Crippen LogP contribution in [-0.2, 0) is 38.1 Å². The Hall–Kier alpha value is -6.68. The molecule has 2 fully saturated rings. The number of cyclic esters (lactones) is 4. The molecule has 3 aliphatic heterocycles. The molecule has 60 heavy (non-hydrogen) atoms. The van der Waals surface area contributed by atoms with E-state index in [2.05, 4.69) is 0 Å². The Bertz CT molecular complexity index is 2420. The van der Waals surface area contributed by atoms with Gasteiger partial charge in [0.05, 0.1) is 13.2 Å². The molecular weight excluding hydrogens is 759 g/mol. The molecule has 0 bridgehead atoms. The van der Waals surface area contributed by atoms with Crippen molar-refractivity contribution in [1.29, 1.82) is 0 Å². The molecule has 0 N–H and O–H groups in total. The predicted octanol–water partition coefficient (Wildman–Crippen LogP) is 8.91. The lowest BCUT2D eigenvalue weighted by Crippen LogP contribution is -2.67. The van der Waals surface area contributed by atoms with Crippen LogP contribution in [0.2, 0.25) is 0 Å². The molecular formula is C50H45NO9. The summed E-state index contributed by atoms with van der Waals surface area (Å²) in [5.41, 5.74) is 0.132. The van der Waals surface area contributed by atoms with Gasteiger partial charge in [0, 0.05) is 56.8 Å². The first-order chi connectivity index (χ1) is 28.8. The Balaban J connectivity index is 1.50. The summed E-state index contributed by atoms with van der Waals surface area (Å²) < 4.78 is 30.5. The third kappa shape index (κ3) is 5.83. The maximum Gasteiger partial charge on any atom is 0.330 e. The molecule has 4 atom stereocenters. The minimum Gasteiger partial charge on any atom is -0.497 e. The molecule has 10 nitrogen and oxygen atoms in total. The van der Waals surface area contributed by atoms with E-state index in [1.165, 1.54) is 27.7 Å². The van der Waals surface area contributed by atoms with Crippen molar-refractivity contribution in [2.75, 3.05) is 12.0 Å². The first-order valence-corrected chi connectivity index (χ1v) is 20.1. The second kappa shape index (κ2) is 14.3. The molecule has 0 unspecified atom stereocenters. The summed E-state index contributed by atoms with van der Waals surface area (Å²) in [5, 5.41) is 0. The summed E-state index contributed by atoms with van der Waals surface area (Å²) in [6.07, 6.45) is 0.0949. The molecule has 5 aromatic rings. The molecule has 0 radical (unpaired) electrons. The van der Waals surface area contributed by atoms with Crippen molar-refractivity contribution in [3.05, 3.63) is 179 Å². The highest BCUT2D eigenvalue weighted by Gasteiger charge is 2.75. The van der Waals surface area contributed by atoms with Crippen molar-refractivity contribution in [2.24, 2.45) is 10.8 Å². The molecule has 9 rings (SSSR count). The van der Waals surface area contributed by atoms with E-state index < -0.39 is 70.1 Å². The van der Waals surface area contributed by atoms with Crippen LogP contribution in [0.15, 0.2) is 157 Å². The molecule has 2 spiro atoms. The summed E-state index contributed by atoms with van der Waals surface area (Å²) >= 11 is 0. The van der Waals surface area contributed by atoms with Gasteiger partial charge in [0.1, 0.15) is 5.75 Å². The number of hydrogen-bond acceptors (Lipinski definition) is 10. The fraction of sp³-hybridized carbons (Fsp3) is 0.280. The van der Waals surface area contributed by atoms with Gasteiger partial charge in [-0.25, -0.2) is 0 Å². The van der Waals surface area contributed by atoms with Crippen LogP contribution >= 0.6 is 0 Å². The van der Waals surface area contributed by atoms with Crippen molar-refractivity contribution >= 4 is 29.6 Å². The van der Waals surface area contributed by atoms with E-state index >= 15 is 19.2 Å². The summed E-state index contributed by atoms with van der Waals surface area (Å²) in [5.74, 6) is -8.89. The van der Waals surface area contributed by atoms with Crippen LogP contribution in [0, 0.1) is 10.8 Å². The van der Waals surface area contributed by atoms with Crippen LogP contribution in [0.25, 0.3) is 0 Å². The van der Waals surface area contributed by atoms with Crippen LogP contribution in [-0.4, -0.2) is 42.6 Å². The number of methoxy groups -OCH3 is 1. The van der Waals surface area contributed by atoms with Crippen molar-refractivity contribution < 1.29 is 42.9 Å². The average molecular weight is 804 g/mol. The summed E-state index contributed by atoms with van der Waals surface area (Å²) in [6, 6.07) is 43.7. The topological polar surface area (TPSA) is 118 Å². The van der Waals surface area contributed by atoms with E-state index in [9.17, 15) is 0 Å². The zero-order valence-electron chi connectivity index (χ0n) is 34.0. The monoisotopic (exact) mass is 803 g/mol. The van der Waals surface area contributed by atoms with E-state index in [0.29, 0.717) is 45.0 Å². The van der Waals surface area contributed by atoms with E-state index in [4.69, 9.17) is 23.7 Å². The van der Waals surface area contributed by atoms with Gasteiger partial charge < -0.3 is 28.6 Å². The van der Waals surface area contributed by atoms with Gasteiger partial charge in [0.2, 0.25) is 0 Å². The quantitative estimate of drug-likeness (QED) is 0.122. The normalized spacial score (nSPS) is 24.8. The fourth-order valence-corrected chi connectivity index (χ4v) is 10.2. The molecule has 5 aromatic carbocycles. The molecule has 0 aromatic heterocycles. The summed E-state index contributed by atoms with van der Waals surface area (Å²) in [7, 11) is 1.58. The molecule has 4 aliphatic rings. The van der Waals surface area contributed by atoms with Crippen molar-refractivity contribution in [2.45, 2.75) is 69.5 Å². The second-order valence-electron chi connectivity index (χ2n) is 16.7. The number of allylic oxidation sites excluding steroid dienone is 2. The minimum absolute atomic E-state index is 0.0949. The third-order valence-electron chi connectivity index (χ3n) is 12.4. The first-order valence-electron chi connectivity index (χ1n) is 20.1. The lowest BCUT2D eigenvalue weighted by atomic mass is 9.48. The lowest BCUT2D eigenvalue weighted by Gasteiger charge is -2.61. The molecule has 3 heterocycles. The highest BCUT2D eigenvalue weighted by Crippen LogP contribution is 2.70. The fourth-order valence-electron chi connectivity index (χ4n) is 10.2. The largest absolute Gasteiger partial charge is 0.497 e.